The minimum Gasteiger partial charge on any atom is -0.494 e. The smallest absolute Gasteiger partial charge is 0.119 e. The molecule has 2 nitrogen and oxygen atoms in total. The first-order chi connectivity index (χ1) is 8.01. The van der Waals surface area contributed by atoms with Gasteiger partial charge in [-0.15, -0.1) is 0 Å². The lowest BCUT2D eigenvalue weighted by molar-refractivity contribution is 0.318. The normalized spacial score (nSPS) is 11.5. The van der Waals surface area contributed by atoms with E-state index in [2.05, 4.69) is 20.8 Å². The molecule has 0 saturated carbocycles. The highest BCUT2D eigenvalue weighted by molar-refractivity contribution is 8.00. The van der Waals surface area contributed by atoms with Crippen LogP contribution in [0.5, 0.6) is 5.75 Å². The van der Waals surface area contributed by atoms with Gasteiger partial charge in [-0.3, -0.25) is 0 Å². The fourth-order valence-corrected chi connectivity index (χ4v) is 2.26. The lowest BCUT2D eigenvalue weighted by Crippen LogP contribution is -2.09. The largest absolute Gasteiger partial charge is 0.494 e. The van der Waals surface area contributed by atoms with Crippen molar-refractivity contribution in [3.05, 3.63) is 29.8 Å². The van der Waals surface area contributed by atoms with Gasteiger partial charge in [0.1, 0.15) is 5.75 Å². The molecule has 0 aromatic heterocycles. The number of ether oxygens (including phenoxy) is 1. The molecule has 0 amide bonds. The van der Waals surface area contributed by atoms with Crippen molar-refractivity contribution in [3.63, 3.8) is 0 Å². The van der Waals surface area contributed by atoms with E-state index < -0.39 is 0 Å². The van der Waals surface area contributed by atoms with Crippen LogP contribution in [0.2, 0.25) is 0 Å². The van der Waals surface area contributed by atoms with Crippen molar-refractivity contribution < 1.29 is 4.74 Å². The molecule has 0 aliphatic rings. The minimum absolute atomic E-state index is 0.347. The summed E-state index contributed by atoms with van der Waals surface area (Å²) >= 11 is 1.98. The van der Waals surface area contributed by atoms with Crippen LogP contribution in [0.1, 0.15) is 32.8 Å². The lowest BCUT2D eigenvalue weighted by Gasteiger charge is -2.17. The first-order valence-corrected chi connectivity index (χ1v) is 7.05. The van der Waals surface area contributed by atoms with Gasteiger partial charge in [0.25, 0.3) is 0 Å². The quantitative estimate of drug-likeness (QED) is 0.789. The maximum atomic E-state index is 5.69. The Morgan fingerprint density at radius 1 is 1.29 bits per heavy atom. The molecule has 1 aromatic carbocycles. The molecule has 0 fully saturated rings. The minimum atomic E-state index is 0.347. The van der Waals surface area contributed by atoms with Gasteiger partial charge in [0, 0.05) is 11.3 Å². The Kier molecular flexibility index (Phi) is 5.86. The van der Waals surface area contributed by atoms with Gasteiger partial charge in [-0.05, 0) is 29.9 Å². The Balaban J connectivity index is 2.22. The van der Waals surface area contributed by atoms with Crippen LogP contribution in [0.3, 0.4) is 0 Å². The third kappa shape index (κ3) is 6.59. The highest BCUT2D eigenvalue weighted by Gasteiger charge is 2.09. The lowest BCUT2D eigenvalue weighted by atomic mass is 10.2. The van der Waals surface area contributed by atoms with Gasteiger partial charge in [0.2, 0.25) is 0 Å². The second kappa shape index (κ2) is 6.92. The summed E-state index contributed by atoms with van der Waals surface area (Å²) in [6, 6.07) is 8.00. The molecule has 1 rings (SSSR count). The monoisotopic (exact) mass is 253 g/mol. The third-order valence-electron chi connectivity index (χ3n) is 2.23. The highest BCUT2D eigenvalue weighted by Crippen LogP contribution is 2.23. The molecule has 0 heterocycles. The van der Waals surface area contributed by atoms with Crippen LogP contribution in [-0.4, -0.2) is 17.1 Å². The number of hydrogen-bond acceptors (Lipinski definition) is 3. The summed E-state index contributed by atoms with van der Waals surface area (Å²) < 4.78 is 6.04. The van der Waals surface area contributed by atoms with Crippen LogP contribution >= 0.6 is 11.8 Å². The van der Waals surface area contributed by atoms with Crippen molar-refractivity contribution in [1.29, 1.82) is 0 Å². The Bertz CT molecular complexity index is 333. The predicted octanol–water partition coefficient (Wildman–Crippen LogP) is 3.45. The maximum Gasteiger partial charge on any atom is 0.119 e. The van der Waals surface area contributed by atoms with E-state index in [4.69, 9.17) is 10.5 Å². The van der Waals surface area contributed by atoms with Crippen LogP contribution in [-0.2, 0) is 6.54 Å². The average Bonchev–Trinajstić information content (AvgIpc) is 2.27. The van der Waals surface area contributed by atoms with Crippen LogP contribution < -0.4 is 10.5 Å². The zero-order valence-electron chi connectivity index (χ0n) is 11.0. The van der Waals surface area contributed by atoms with Gasteiger partial charge in [-0.2, -0.15) is 11.8 Å². The third-order valence-corrected chi connectivity index (χ3v) is 3.59. The first-order valence-electron chi connectivity index (χ1n) is 6.07. The first kappa shape index (κ1) is 14.4. The molecule has 0 aliphatic carbocycles. The van der Waals surface area contributed by atoms with Gasteiger partial charge in [0.05, 0.1) is 6.61 Å². The summed E-state index contributed by atoms with van der Waals surface area (Å²) in [6.07, 6.45) is 1.08. The summed E-state index contributed by atoms with van der Waals surface area (Å²) in [6.45, 7) is 8.06. The molecule has 17 heavy (non-hydrogen) atoms. The molecule has 2 N–H and O–H groups in total. The second-order valence-corrected chi connectivity index (χ2v) is 6.94. The van der Waals surface area contributed by atoms with E-state index in [1.54, 1.807) is 0 Å². The van der Waals surface area contributed by atoms with E-state index in [1.807, 2.05) is 36.0 Å². The molecule has 0 unspecified atom stereocenters. The summed E-state index contributed by atoms with van der Waals surface area (Å²) in [7, 11) is 0. The predicted molar refractivity (Wildman–Crippen MR) is 76.7 cm³/mol. The molecule has 0 aliphatic heterocycles. The molecule has 0 bridgehead atoms. The van der Waals surface area contributed by atoms with Gasteiger partial charge >= 0.3 is 0 Å². The Labute approximate surface area is 109 Å². The zero-order chi connectivity index (χ0) is 12.7. The van der Waals surface area contributed by atoms with Gasteiger partial charge in [-0.25, -0.2) is 0 Å². The molecule has 3 heteroatoms. The van der Waals surface area contributed by atoms with Gasteiger partial charge < -0.3 is 10.5 Å². The molecule has 0 atom stereocenters. The Morgan fingerprint density at radius 2 is 2.06 bits per heavy atom. The fourth-order valence-electron chi connectivity index (χ4n) is 1.39. The molecular weight excluding hydrogens is 230 g/mol. The second-order valence-electron chi connectivity index (χ2n) is 5.01. The van der Waals surface area contributed by atoms with Crippen molar-refractivity contribution in [3.8, 4) is 5.75 Å². The van der Waals surface area contributed by atoms with Crippen molar-refractivity contribution in [2.75, 3.05) is 12.4 Å². The standard InChI is InChI=1S/C14H23NOS/c1-14(2,3)17-9-5-8-16-13-7-4-6-12(10-13)11-15/h4,6-7,10H,5,8-9,11,15H2,1-3H3. The van der Waals surface area contributed by atoms with Crippen LogP contribution in [0.4, 0.5) is 0 Å². The van der Waals surface area contributed by atoms with E-state index in [1.165, 1.54) is 0 Å². The number of hydrogen-bond donors (Lipinski definition) is 1. The number of nitrogens with two attached hydrogens (primary N) is 1. The van der Waals surface area contributed by atoms with Crippen LogP contribution in [0.25, 0.3) is 0 Å². The Morgan fingerprint density at radius 3 is 2.71 bits per heavy atom. The van der Waals surface area contributed by atoms with Crippen molar-refractivity contribution in [1.82, 2.24) is 0 Å². The zero-order valence-corrected chi connectivity index (χ0v) is 11.8. The summed E-state index contributed by atoms with van der Waals surface area (Å²) in [4.78, 5) is 0. The molecule has 96 valence electrons. The number of thioether (sulfide) groups is 1. The van der Waals surface area contributed by atoms with E-state index >= 15 is 0 Å². The average molecular weight is 253 g/mol. The van der Waals surface area contributed by atoms with E-state index in [0.29, 0.717) is 11.3 Å². The van der Waals surface area contributed by atoms with Crippen molar-refractivity contribution in [2.45, 2.75) is 38.5 Å². The van der Waals surface area contributed by atoms with Crippen molar-refractivity contribution >= 4 is 11.8 Å². The molecular formula is C14H23NOS. The summed E-state index contributed by atoms with van der Waals surface area (Å²) in [5.74, 6) is 2.06. The number of benzene rings is 1. The van der Waals surface area contributed by atoms with Gasteiger partial charge in [-0.1, -0.05) is 32.9 Å². The molecule has 0 radical (unpaired) electrons. The fraction of sp³-hybridized carbons (Fsp3) is 0.571. The van der Waals surface area contributed by atoms with Gasteiger partial charge in [0.15, 0.2) is 0 Å². The summed E-state index contributed by atoms with van der Waals surface area (Å²) in [5, 5.41) is 0. The molecule has 1 aromatic rings. The molecule has 0 spiro atoms. The van der Waals surface area contributed by atoms with E-state index in [9.17, 15) is 0 Å². The van der Waals surface area contributed by atoms with Crippen molar-refractivity contribution in [2.24, 2.45) is 5.73 Å². The highest BCUT2D eigenvalue weighted by atomic mass is 32.2. The van der Waals surface area contributed by atoms with E-state index in [0.717, 1.165) is 30.1 Å². The van der Waals surface area contributed by atoms with E-state index in [-0.39, 0.29) is 0 Å². The Hall–Kier alpha value is -0.670. The van der Waals surface area contributed by atoms with Crippen LogP contribution in [0.15, 0.2) is 24.3 Å². The SMILES string of the molecule is CC(C)(C)SCCCOc1cccc(CN)c1. The van der Waals surface area contributed by atoms with Crippen LogP contribution in [0, 0.1) is 0 Å². The maximum absolute atomic E-state index is 5.69. The molecule has 0 saturated heterocycles. The topological polar surface area (TPSA) is 35.2 Å². The summed E-state index contributed by atoms with van der Waals surface area (Å²) in [5.41, 5.74) is 6.70. The number of rotatable bonds is 6.